The Labute approximate surface area is 129 Å². The van der Waals surface area contributed by atoms with E-state index in [-0.39, 0.29) is 5.54 Å². The highest BCUT2D eigenvalue weighted by atomic mass is 16.4. The smallest absolute Gasteiger partial charge is 0.310 e. The highest BCUT2D eigenvalue weighted by Gasteiger charge is 2.45. The molecule has 0 aromatic heterocycles. The Morgan fingerprint density at radius 3 is 2.24 bits per heavy atom. The molecule has 0 bridgehead atoms. The first kappa shape index (κ1) is 16.8. The predicted octanol–water partition coefficient (Wildman–Crippen LogP) is 2.68. The van der Waals surface area contributed by atoms with Gasteiger partial charge in [0.25, 0.3) is 0 Å². The first-order valence-electron chi connectivity index (χ1n) is 8.39. The van der Waals surface area contributed by atoms with E-state index in [0.29, 0.717) is 12.5 Å². The lowest BCUT2D eigenvalue weighted by Gasteiger charge is -2.50. The van der Waals surface area contributed by atoms with Gasteiger partial charge in [0.15, 0.2) is 0 Å². The molecule has 0 aliphatic heterocycles. The zero-order chi connectivity index (χ0) is 15.7. The molecular formula is C17H32N2O2. The number of carboxylic acids is 1. The standard InChI is InChI=1S/C17H32N2O2/c1-14-7-5-8-16(11-14,15(20)21)12-19(4)13-17(18(2)3)9-6-10-17/h14H,5-13H2,1-4H3,(H,20,21). The highest BCUT2D eigenvalue weighted by Crippen LogP contribution is 2.42. The van der Waals surface area contributed by atoms with E-state index in [4.69, 9.17) is 0 Å². The number of carboxylic acid groups (broad SMARTS) is 1. The van der Waals surface area contributed by atoms with Gasteiger partial charge in [0.2, 0.25) is 0 Å². The summed E-state index contributed by atoms with van der Waals surface area (Å²) in [5.41, 5.74) is -0.252. The first-order chi connectivity index (χ1) is 9.80. The van der Waals surface area contributed by atoms with Crippen LogP contribution >= 0.6 is 0 Å². The molecule has 4 heteroatoms. The molecular weight excluding hydrogens is 264 g/mol. The van der Waals surface area contributed by atoms with Crippen LogP contribution in [-0.2, 0) is 4.79 Å². The van der Waals surface area contributed by atoms with Crippen LogP contribution in [0.15, 0.2) is 0 Å². The summed E-state index contributed by atoms with van der Waals surface area (Å²) in [6.07, 6.45) is 7.68. The summed E-state index contributed by atoms with van der Waals surface area (Å²) < 4.78 is 0. The fourth-order valence-corrected chi connectivity index (χ4v) is 4.47. The lowest BCUT2D eigenvalue weighted by atomic mass is 9.69. The first-order valence-corrected chi connectivity index (χ1v) is 8.39. The van der Waals surface area contributed by atoms with Gasteiger partial charge in [-0.2, -0.15) is 0 Å². The molecule has 0 spiro atoms. The summed E-state index contributed by atoms with van der Waals surface area (Å²) in [6, 6.07) is 0. The second-order valence-electron chi connectivity index (χ2n) is 7.93. The molecule has 4 nitrogen and oxygen atoms in total. The molecule has 0 radical (unpaired) electrons. The molecule has 2 atom stereocenters. The summed E-state index contributed by atoms with van der Waals surface area (Å²) >= 11 is 0. The molecule has 2 saturated carbocycles. The molecule has 2 aliphatic carbocycles. The third-order valence-corrected chi connectivity index (χ3v) is 5.91. The van der Waals surface area contributed by atoms with Crippen molar-refractivity contribution in [1.29, 1.82) is 0 Å². The summed E-state index contributed by atoms with van der Waals surface area (Å²) in [5.74, 6) is -0.0526. The summed E-state index contributed by atoms with van der Waals surface area (Å²) in [7, 11) is 6.42. The van der Waals surface area contributed by atoms with E-state index in [1.165, 1.54) is 25.7 Å². The summed E-state index contributed by atoms with van der Waals surface area (Å²) in [4.78, 5) is 16.5. The van der Waals surface area contributed by atoms with Gasteiger partial charge >= 0.3 is 5.97 Å². The Bertz CT molecular complexity index is 379. The molecule has 2 rings (SSSR count). The van der Waals surface area contributed by atoms with Gasteiger partial charge in [0.1, 0.15) is 0 Å². The maximum absolute atomic E-state index is 11.9. The number of hydrogen-bond donors (Lipinski definition) is 1. The van der Waals surface area contributed by atoms with Crippen molar-refractivity contribution in [2.45, 2.75) is 57.4 Å². The second-order valence-corrected chi connectivity index (χ2v) is 7.93. The van der Waals surface area contributed by atoms with Gasteiger partial charge in [-0.3, -0.25) is 4.79 Å². The third-order valence-electron chi connectivity index (χ3n) is 5.91. The van der Waals surface area contributed by atoms with Gasteiger partial charge in [-0.05, 0) is 59.2 Å². The van der Waals surface area contributed by atoms with E-state index >= 15 is 0 Å². The van der Waals surface area contributed by atoms with Crippen molar-refractivity contribution in [3.8, 4) is 0 Å². The topological polar surface area (TPSA) is 43.8 Å². The van der Waals surface area contributed by atoms with Crippen LogP contribution in [0, 0.1) is 11.3 Å². The summed E-state index contributed by atoms with van der Waals surface area (Å²) in [6.45, 7) is 3.88. The molecule has 0 heterocycles. The van der Waals surface area contributed by atoms with Crippen molar-refractivity contribution < 1.29 is 9.90 Å². The van der Waals surface area contributed by atoms with Gasteiger partial charge in [-0.25, -0.2) is 0 Å². The van der Waals surface area contributed by atoms with Crippen molar-refractivity contribution in [1.82, 2.24) is 9.80 Å². The minimum atomic E-state index is -0.589. The maximum atomic E-state index is 11.9. The van der Waals surface area contributed by atoms with Crippen molar-refractivity contribution in [2.75, 3.05) is 34.2 Å². The maximum Gasteiger partial charge on any atom is 0.310 e. The van der Waals surface area contributed by atoms with Crippen LogP contribution in [-0.4, -0.2) is 60.6 Å². The van der Waals surface area contributed by atoms with E-state index in [1.807, 2.05) is 0 Å². The van der Waals surface area contributed by atoms with Crippen molar-refractivity contribution in [2.24, 2.45) is 11.3 Å². The van der Waals surface area contributed by atoms with Crippen LogP contribution in [0.25, 0.3) is 0 Å². The van der Waals surface area contributed by atoms with Gasteiger partial charge in [-0.1, -0.05) is 19.8 Å². The van der Waals surface area contributed by atoms with Crippen LogP contribution < -0.4 is 0 Å². The largest absolute Gasteiger partial charge is 0.481 e. The summed E-state index contributed by atoms with van der Waals surface area (Å²) in [5, 5.41) is 9.80. The second kappa shape index (κ2) is 6.25. The van der Waals surface area contributed by atoms with Crippen LogP contribution in [0.3, 0.4) is 0 Å². The van der Waals surface area contributed by atoms with Gasteiger partial charge in [0, 0.05) is 18.6 Å². The lowest BCUT2D eigenvalue weighted by Crippen LogP contribution is -2.58. The zero-order valence-electron chi connectivity index (χ0n) is 14.2. The van der Waals surface area contributed by atoms with Crippen LogP contribution in [0.1, 0.15) is 51.9 Å². The van der Waals surface area contributed by atoms with Gasteiger partial charge in [0.05, 0.1) is 5.41 Å². The molecule has 21 heavy (non-hydrogen) atoms. The third kappa shape index (κ3) is 3.42. The number of aliphatic carboxylic acids is 1. The minimum absolute atomic E-state index is 0.273. The normalized spacial score (nSPS) is 32.2. The molecule has 2 aliphatic rings. The Hall–Kier alpha value is -0.610. The quantitative estimate of drug-likeness (QED) is 0.818. The van der Waals surface area contributed by atoms with Crippen LogP contribution in [0.5, 0.6) is 0 Å². The Balaban J connectivity index is 2.02. The molecule has 1 N–H and O–H groups in total. The number of hydrogen-bond acceptors (Lipinski definition) is 3. The number of carbonyl (C=O) groups is 1. The van der Waals surface area contributed by atoms with Crippen molar-refractivity contribution in [3.63, 3.8) is 0 Å². The molecule has 0 aromatic rings. The highest BCUT2D eigenvalue weighted by molar-refractivity contribution is 5.75. The fraction of sp³-hybridized carbons (Fsp3) is 0.941. The van der Waals surface area contributed by atoms with Crippen LogP contribution in [0.4, 0.5) is 0 Å². The Kier molecular flexibility index (Phi) is 4.99. The molecule has 0 amide bonds. The molecule has 122 valence electrons. The fourth-order valence-electron chi connectivity index (χ4n) is 4.47. The van der Waals surface area contributed by atoms with Gasteiger partial charge in [-0.15, -0.1) is 0 Å². The van der Waals surface area contributed by atoms with E-state index < -0.39 is 11.4 Å². The molecule has 2 fully saturated rings. The monoisotopic (exact) mass is 296 g/mol. The van der Waals surface area contributed by atoms with Gasteiger partial charge < -0.3 is 14.9 Å². The molecule has 0 saturated heterocycles. The van der Waals surface area contributed by atoms with Crippen molar-refractivity contribution >= 4 is 5.97 Å². The number of rotatable bonds is 6. The molecule has 2 unspecified atom stereocenters. The zero-order valence-corrected chi connectivity index (χ0v) is 14.2. The molecule has 0 aromatic carbocycles. The van der Waals surface area contributed by atoms with Crippen LogP contribution in [0.2, 0.25) is 0 Å². The number of nitrogens with zero attached hydrogens (tertiary/aromatic N) is 2. The Morgan fingerprint density at radius 1 is 1.14 bits per heavy atom. The average Bonchev–Trinajstić information content (AvgIpc) is 2.33. The van der Waals surface area contributed by atoms with E-state index in [0.717, 1.165) is 25.8 Å². The number of likely N-dealkylation sites (N-methyl/N-ethyl adjacent to an activating group) is 2. The van der Waals surface area contributed by atoms with E-state index in [9.17, 15) is 9.90 Å². The van der Waals surface area contributed by atoms with Crippen molar-refractivity contribution in [3.05, 3.63) is 0 Å². The Morgan fingerprint density at radius 2 is 1.81 bits per heavy atom. The average molecular weight is 296 g/mol. The lowest BCUT2D eigenvalue weighted by molar-refractivity contribution is -0.154. The minimum Gasteiger partial charge on any atom is -0.481 e. The SMILES string of the molecule is CC1CCCC(CN(C)CC2(N(C)C)CCC2)(C(=O)O)C1. The van der Waals surface area contributed by atoms with E-state index in [1.54, 1.807) is 0 Å². The predicted molar refractivity (Wildman–Crippen MR) is 85.5 cm³/mol. The van der Waals surface area contributed by atoms with E-state index in [2.05, 4.69) is 37.9 Å².